The number of ether oxygens (including phenoxy) is 2. The Morgan fingerprint density at radius 2 is 1.95 bits per heavy atom. The highest BCUT2D eigenvalue weighted by molar-refractivity contribution is 5.81. The minimum Gasteiger partial charge on any atom is -0.481 e. The largest absolute Gasteiger partial charge is 0.481 e. The van der Waals surface area contributed by atoms with E-state index >= 15 is 0 Å². The van der Waals surface area contributed by atoms with Crippen molar-refractivity contribution in [1.29, 1.82) is 0 Å². The van der Waals surface area contributed by atoms with Crippen LogP contribution in [0.5, 0.6) is 5.75 Å². The zero-order valence-electron chi connectivity index (χ0n) is 12.1. The standard InChI is InChI=1S/C15H23NO3/c1-5-14(15(17)16-12(3)10-18-4)19-13-8-6-11(2)7-9-13/h6-9,12,14H,5,10H2,1-4H3,(H,16,17)/t12-,14+/m0/s1. The van der Waals surface area contributed by atoms with E-state index < -0.39 is 6.10 Å². The number of hydrogen-bond donors (Lipinski definition) is 1. The molecule has 0 spiro atoms. The average molecular weight is 265 g/mol. The SMILES string of the molecule is CC[C@@H](Oc1ccc(C)cc1)C(=O)N[C@@H](C)COC. The van der Waals surface area contributed by atoms with E-state index in [2.05, 4.69) is 5.32 Å². The van der Waals surface area contributed by atoms with Crippen molar-refractivity contribution in [2.24, 2.45) is 0 Å². The van der Waals surface area contributed by atoms with Crippen LogP contribution in [0.25, 0.3) is 0 Å². The first-order chi connectivity index (χ1) is 9.06. The summed E-state index contributed by atoms with van der Waals surface area (Å²) in [6.07, 6.45) is 0.154. The summed E-state index contributed by atoms with van der Waals surface area (Å²) in [6, 6.07) is 7.67. The Kier molecular flexibility index (Phi) is 6.36. The van der Waals surface area contributed by atoms with Gasteiger partial charge in [-0.05, 0) is 32.4 Å². The highest BCUT2D eigenvalue weighted by Gasteiger charge is 2.19. The third kappa shape index (κ3) is 5.30. The molecule has 4 heteroatoms. The number of amides is 1. The van der Waals surface area contributed by atoms with Gasteiger partial charge in [-0.15, -0.1) is 0 Å². The van der Waals surface area contributed by atoms with Gasteiger partial charge in [0.1, 0.15) is 5.75 Å². The Morgan fingerprint density at radius 3 is 2.47 bits per heavy atom. The molecule has 0 heterocycles. The fourth-order valence-corrected chi connectivity index (χ4v) is 1.73. The number of rotatable bonds is 7. The first kappa shape index (κ1) is 15.5. The Morgan fingerprint density at radius 1 is 1.32 bits per heavy atom. The number of benzene rings is 1. The van der Waals surface area contributed by atoms with Crippen molar-refractivity contribution in [3.8, 4) is 5.75 Å². The molecule has 0 bridgehead atoms. The van der Waals surface area contributed by atoms with E-state index in [0.717, 1.165) is 0 Å². The van der Waals surface area contributed by atoms with Gasteiger partial charge in [-0.1, -0.05) is 24.6 Å². The summed E-state index contributed by atoms with van der Waals surface area (Å²) in [4.78, 5) is 12.0. The molecule has 0 aliphatic rings. The van der Waals surface area contributed by atoms with Crippen molar-refractivity contribution < 1.29 is 14.3 Å². The Bertz CT molecular complexity index is 389. The van der Waals surface area contributed by atoms with E-state index in [4.69, 9.17) is 9.47 Å². The van der Waals surface area contributed by atoms with Crippen molar-refractivity contribution in [3.63, 3.8) is 0 Å². The van der Waals surface area contributed by atoms with Crippen LogP contribution in [0.15, 0.2) is 24.3 Å². The Labute approximate surface area is 115 Å². The number of nitrogens with one attached hydrogen (secondary N) is 1. The molecule has 0 fully saturated rings. The van der Waals surface area contributed by atoms with Gasteiger partial charge in [0.15, 0.2) is 6.10 Å². The fraction of sp³-hybridized carbons (Fsp3) is 0.533. The molecular weight excluding hydrogens is 242 g/mol. The van der Waals surface area contributed by atoms with Gasteiger partial charge in [0.25, 0.3) is 5.91 Å². The molecule has 0 unspecified atom stereocenters. The second-order valence-electron chi connectivity index (χ2n) is 4.69. The molecule has 0 aliphatic heterocycles. The number of hydrogen-bond acceptors (Lipinski definition) is 3. The summed E-state index contributed by atoms with van der Waals surface area (Å²) < 4.78 is 10.7. The second-order valence-corrected chi connectivity index (χ2v) is 4.69. The summed E-state index contributed by atoms with van der Waals surface area (Å²) in [7, 11) is 1.61. The van der Waals surface area contributed by atoms with Crippen molar-refractivity contribution in [1.82, 2.24) is 5.32 Å². The summed E-state index contributed by atoms with van der Waals surface area (Å²) >= 11 is 0. The van der Waals surface area contributed by atoms with Gasteiger partial charge in [-0.25, -0.2) is 0 Å². The molecule has 0 saturated heterocycles. The number of aryl methyl sites for hydroxylation is 1. The van der Waals surface area contributed by atoms with E-state index in [9.17, 15) is 4.79 Å². The van der Waals surface area contributed by atoms with Crippen LogP contribution >= 0.6 is 0 Å². The molecule has 0 radical (unpaired) electrons. The summed E-state index contributed by atoms with van der Waals surface area (Å²) in [6.45, 7) is 6.34. The lowest BCUT2D eigenvalue weighted by Crippen LogP contribution is -2.44. The van der Waals surface area contributed by atoms with Crippen LogP contribution in [-0.2, 0) is 9.53 Å². The molecule has 4 nitrogen and oxygen atoms in total. The molecule has 106 valence electrons. The first-order valence-electron chi connectivity index (χ1n) is 6.59. The predicted octanol–water partition coefficient (Wildman–Crippen LogP) is 2.30. The van der Waals surface area contributed by atoms with Crippen LogP contribution in [0, 0.1) is 6.92 Å². The van der Waals surface area contributed by atoms with Gasteiger partial charge in [0.05, 0.1) is 6.61 Å². The Balaban J connectivity index is 2.57. The lowest BCUT2D eigenvalue weighted by atomic mass is 10.2. The van der Waals surface area contributed by atoms with Crippen LogP contribution in [0.4, 0.5) is 0 Å². The molecule has 1 rings (SSSR count). The monoisotopic (exact) mass is 265 g/mol. The highest BCUT2D eigenvalue weighted by atomic mass is 16.5. The lowest BCUT2D eigenvalue weighted by molar-refractivity contribution is -0.129. The molecule has 1 N–H and O–H groups in total. The van der Waals surface area contributed by atoms with Crippen LogP contribution in [0.3, 0.4) is 0 Å². The van der Waals surface area contributed by atoms with Gasteiger partial charge in [-0.2, -0.15) is 0 Å². The predicted molar refractivity (Wildman–Crippen MR) is 75.4 cm³/mol. The summed E-state index contributed by atoms with van der Waals surface area (Å²) in [5.74, 6) is 0.611. The minimum absolute atomic E-state index is 0.0202. The first-order valence-corrected chi connectivity index (χ1v) is 6.59. The topological polar surface area (TPSA) is 47.6 Å². The van der Waals surface area contributed by atoms with Gasteiger partial charge >= 0.3 is 0 Å². The second kappa shape index (κ2) is 7.79. The third-order valence-corrected chi connectivity index (χ3v) is 2.77. The van der Waals surface area contributed by atoms with E-state index in [1.807, 2.05) is 45.0 Å². The number of methoxy groups -OCH3 is 1. The molecule has 0 aliphatic carbocycles. The average Bonchev–Trinajstić information content (AvgIpc) is 2.38. The van der Waals surface area contributed by atoms with Crippen LogP contribution in [0.2, 0.25) is 0 Å². The molecule has 1 aromatic rings. The van der Waals surface area contributed by atoms with Gasteiger partial charge in [-0.3, -0.25) is 4.79 Å². The summed E-state index contributed by atoms with van der Waals surface area (Å²) in [5.41, 5.74) is 1.17. The molecule has 0 saturated carbocycles. The zero-order chi connectivity index (χ0) is 14.3. The normalized spacial score (nSPS) is 13.7. The van der Waals surface area contributed by atoms with Crippen LogP contribution < -0.4 is 10.1 Å². The fourth-order valence-electron chi connectivity index (χ4n) is 1.73. The van der Waals surface area contributed by atoms with Gasteiger partial charge in [0.2, 0.25) is 0 Å². The maximum Gasteiger partial charge on any atom is 0.261 e. The number of carbonyl (C=O) groups is 1. The lowest BCUT2D eigenvalue weighted by Gasteiger charge is -2.20. The maximum atomic E-state index is 12.0. The van der Waals surface area contributed by atoms with Crippen LogP contribution in [0.1, 0.15) is 25.8 Å². The van der Waals surface area contributed by atoms with E-state index in [-0.39, 0.29) is 11.9 Å². The van der Waals surface area contributed by atoms with Crippen molar-refractivity contribution in [3.05, 3.63) is 29.8 Å². The molecule has 1 aromatic carbocycles. The Hall–Kier alpha value is -1.55. The quantitative estimate of drug-likeness (QED) is 0.823. The van der Waals surface area contributed by atoms with Crippen molar-refractivity contribution >= 4 is 5.91 Å². The molecule has 0 aromatic heterocycles. The van der Waals surface area contributed by atoms with Gasteiger partial charge in [0, 0.05) is 13.2 Å². The van der Waals surface area contributed by atoms with E-state index in [1.54, 1.807) is 7.11 Å². The van der Waals surface area contributed by atoms with E-state index in [1.165, 1.54) is 5.56 Å². The maximum absolute atomic E-state index is 12.0. The molecular formula is C15H23NO3. The van der Waals surface area contributed by atoms with Crippen molar-refractivity contribution in [2.75, 3.05) is 13.7 Å². The molecule has 19 heavy (non-hydrogen) atoms. The molecule has 1 amide bonds. The van der Waals surface area contributed by atoms with Crippen molar-refractivity contribution in [2.45, 2.75) is 39.3 Å². The summed E-state index contributed by atoms with van der Waals surface area (Å²) in [5, 5.41) is 2.87. The highest BCUT2D eigenvalue weighted by Crippen LogP contribution is 2.14. The van der Waals surface area contributed by atoms with Gasteiger partial charge < -0.3 is 14.8 Å². The van der Waals surface area contributed by atoms with Crippen LogP contribution in [-0.4, -0.2) is 31.8 Å². The minimum atomic E-state index is -0.470. The smallest absolute Gasteiger partial charge is 0.261 e. The zero-order valence-corrected chi connectivity index (χ0v) is 12.1. The number of carbonyl (C=O) groups excluding carboxylic acids is 1. The van der Waals surface area contributed by atoms with E-state index in [0.29, 0.717) is 18.8 Å². The third-order valence-electron chi connectivity index (χ3n) is 2.77. The molecule has 2 atom stereocenters.